The van der Waals surface area contributed by atoms with Crippen molar-refractivity contribution >= 4 is 0 Å². The van der Waals surface area contributed by atoms with E-state index in [1.54, 1.807) is 7.11 Å². The number of ether oxygens (including phenoxy) is 1. The zero-order chi connectivity index (χ0) is 23.7. The van der Waals surface area contributed by atoms with Crippen molar-refractivity contribution in [2.75, 3.05) is 20.2 Å². The summed E-state index contributed by atoms with van der Waals surface area (Å²) in [7, 11) is 1.74. The van der Waals surface area contributed by atoms with E-state index in [1.807, 2.05) is 6.07 Å². The van der Waals surface area contributed by atoms with Crippen molar-refractivity contribution in [3.8, 4) is 17.2 Å². The number of rotatable bonds is 7. The average molecular weight is 466 g/mol. The first-order valence-electron chi connectivity index (χ1n) is 12.6. The summed E-state index contributed by atoms with van der Waals surface area (Å²) < 4.78 is 11.5. The number of hydrogen-bond acceptors (Lipinski definition) is 5. The fourth-order valence-corrected chi connectivity index (χ4v) is 5.38. The van der Waals surface area contributed by atoms with Gasteiger partial charge in [0.1, 0.15) is 5.75 Å². The van der Waals surface area contributed by atoms with E-state index in [0.29, 0.717) is 11.8 Å². The van der Waals surface area contributed by atoms with Crippen molar-refractivity contribution in [2.45, 2.75) is 43.6 Å². The predicted molar refractivity (Wildman–Crippen MR) is 136 cm³/mol. The van der Waals surface area contributed by atoms with Gasteiger partial charge in [-0.15, -0.1) is 10.2 Å². The van der Waals surface area contributed by atoms with E-state index in [0.717, 1.165) is 62.5 Å². The van der Waals surface area contributed by atoms with Crippen LogP contribution in [0, 0.1) is 0 Å². The van der Waals surface area contributed by atoms with Gasteiger partial charge < -0.3 is 9.15 Å². The van der Waals surface area contributed by atoms with Crippen LogP contribution in [0.4, 0.5) is 0 Å². The second kappa shape index (κ2) is 9.31. The molecule has 1 aromatic heterocycles. The maximum atomic E-state index is 5.94. The average Bonchev–Trinajstić information content (AvgIpc) is 3.66. The van der Waals surface area contributed by atoms with Crippen LogP contribution in [0.5, 0.6) is 5.75 Å². The third kappa shape index (κ3) is 4.48. The number of piperidine rings is 1. The van der Waals surface area contributed by atoms with Crippen LogP contribution in [0.3, 0.4) is 0 Å². The van der Waals surface area contributed by atoms with Gasteiger partial charge in [0, 0.05) is 23.4 Å². The van der Waals surface area contributed by atoms with E-state index in [9.17, 15) is 0 Å². The molecule has 1 aliphatic heterocycles. The van der Waals surface area contributed by atoms with Crippen LogP contribution in [0.1, 0.15) is 54.2 Å². The van der Waals surface area contributed by atoms with E-state index in [4.69, 9.17) is 9.15 Å². The molecule has 3 aromatic carbocycles. The highest BCUT2D eigenvalue weighted by Gasteiger charge is 2.38. The van der Waals surface area contributed by atoms with Gasteiger partial charge >= 0.3 is 0 Å². The molecule has 0 bridgehead atoms. The molecule has 6 rings (SSSR count). The first-order valence-corrected chi connectivity index (χ1v) is 12.6. The lowest BCUT2D eigenvalue weighted by molar-refractivity contribution is 0.172. The van der Waals surface area contributed by atoms with Gasteiger partial charge in [-0.25, -0.2) is 0 Å². The molecule has 0 unspecified atom stereocenters. The monoisotopic (exact) mass is 465 g/mol. The number of likely N-dealkylation sites (tertiary alicyclic amines) is 1. The maximum absolute atomic E-state index is 5.94. The smallest absolute Gasteiger partial charge is 0.247 e. The molecule has 0 spiro atoms. The summed E-state index contributed by atoms with van der Waals surface area (Å²) in [6.45, 7) is 3.08. The van der Waals surface area contributed by atoms with E-state index < -0.39 is 0 Å². The van der Waals surface area contributed by atoms with Crippen molar-refractivity contribution in [2.24, 2.45) is 0 Å². The summed E-state index contributed by atoms with van der Waals surface area (Å²) in [5, 5.41) is 8.55. The summed E-state index contributed by atoms with van der Waals surface area (Å²) in [4.78, 5) is 2.57. The Hall–Kier alpha value is -3.44. The molecule has 2 heterocycles. The van der Waals surface area contributed by atoms with Gasteiger partial charge in [0.15, 0.2) is 0 Å². The van der Waals surface area contributed by atoms with Crippen LogP contribution in [0.15, 0.2) is 83.3 Å². The van der Waals surface area contributed by atoms with Gasteiger partial charge in [-0.05, 0) is 79.7 Å². The Balaban J connectivity index is 1.29. The second-order valence-corrected chi connectivity index (χ2v) is 9.87. The summed E-state index contributed by atoms with van der Waals surface area (Å²) in [6.07, 6.45) is 4.42. The van der Waals surface area contributed by atoms with Crippen molar-refractivity contribution < 1.29 is 9.15 Å². The molecule has 178 valence electrons. The van der Waals surface area contributed by atoms with Gasteiger partial charge in [0.2, 0.25) is 11.8 Å². The quantitative estimate of drug-likeness (QED) is 0.325. The minimum atomic E-state index is -0.0612. The zero-order valence-electron chi connectivity index (χ0n) is 20.2. The van der Waals surface area contributed by atoms with Crippen LogP contribution >= 0.6 is 0 Å². The maximum Gasteiger partial charge on any atom is 0.247 e. The zero-order valence-corrected chi connectivity index (χ0v) is 20.2. The fourth-order valence-electron chi connectivity index (χ4n) is 5.38. The lowest BCUT2D eigenvalue weighted by Gasteiger charge is -2.43. The van der Waals surface area contributed by atoms with Crippen molar-refractivity contribution in [1.29, 1.82) is 0 Å². The number of methoxy groups -OCH3 is 1. The van der Waals surface area contributed by atoms with E-state index in [-0.39, 0.29) is 5.41 Å². The van der Waals surface area contributed by atoms with Gasteiger partial charge in [-0.2, -0.15) is 0 Å². The summed E-state index contributed by atoms with van der Waals surface area (Å²) >= 11 is 0. The number of hydrogen-bond donors (Lipinski definition) is 0. The Labute approximate surface area is 206 Å². The van der Waals surface area contributed by atoms with E-state index in [2.05, 4.69) is 87.9 Å². The van der Waals surface area contributed by atoms with Crippen LogP contribution in [0.25, 0.3) is 11.5 Å². The molecule has 0 radical (unpaired) electrons. The van der Waals surface area contributed by atoms with Crippen molar-refractivity contribution in [3.05, 3.63) is 101 Å². The minimum absolute atomic E-state index is 0.0612. The summed E-state index contributed by atoms with van der Waals surface area (Å²) in [5.74, 6) is 2.77. The Morgan fingerprint density at radius 3 is 2.37 bits per heavy atom. The van der Waals surface area contributed by atoms with Gasteiger partial charge in [0.25, 0.3) is 0 Å². The number of benzene rings is 3. The standard InChI is InChI=1S/C30H31N3O2/c1-34-27-9-5-8-26(20-27)30(16-18-33(19-17-30)21-22-6-3-2-4-7-22)25-14-12-24(13-15-25)29-32-31-28(35-29)23-10-11-23/h2-9,12-15,20,23H,10-11,16-19,21H2,1H3. The Kier molecular flexibility index (Phi) is 5.86. The van der Waals surface area contributed by atoms with Crippen LogP contribution in [0.2, 0.25) is 0 Å². The molecule has 2 fully saturated rings. The Morgan fingerprint density at radius 1 is 0.886 bits per heavy atom. The first kappa shape index (κ1) is 22.1. The predicted octanol–water partition coefficient (Wildman–Crippen LogP) is 6.20. The van der Waals surface area contributed by atoms with E-state index >= 15 is 0 Å². The highest BCUT2D eigenvalue weighted by atomic mass is 16.5. The molecule has 1 aliphatic carbocycles. The van der Waals surface area contributed by atoms with E-state index in [1.165, 1.54) is 16.7 Å². The highest BCUT2D eigenvalue weighted by Crippen LogP contribution is 2.44. The molecule has 0 N–H and O–H groups in total. The fraction of sp³-hybridized carbons (Fsp3) is 0.333. The molecule has 4 aromatic rings. The summed E-state index contributed by atoms with van der Waals surface area (Å²) in [5.41, 5.74) is 4.94. The SMILES string of the molecule is COc1cccc(C2(c3ccc(-c4nnc(C5CC5)o4)cc3)CCN(Cc3ccccc3)CC2)c1. The Bertz CT molecular complexity index is 1270. The molecular formula is C30H31N3O2. The van der Waals surface area contributed by atoms with Crippen LogP contribution in [-0.4, -0.2) is 35.3 Å². The largest absolute Gasteiger partial charge is 0.497 e. The van der Waals surface area contributed by atoms with Crippen molar-refractivity contribution in [3.63, 3.8) is 0 Å². The highest BCUT2D eigenvalue weighted by molar-refractivity contribution is 5.55. The molecule has 0 amide bonds. The van der Waals surface area contributed by atoms with Gasteiger partial charge in [0.05, 0.1) is 7.11 Å². The molecular weight excluding hydrogens is 434 g/mol. The van der Waals surface area contributed by atoms with Crippen LogP contribution < -0.4 is 4.74 Å². The third-order valence-electron chi connectivity index (χ3n) is 7.63. The van der Waals surface area contributed by atoms with Crippen LogP contribution in [-0.2, 0) is 12.0 Å². The number of nitrogens with zero attached hydrogens (tertiary/aromatic N) is 3. The lowest BCUT2D eigenvalue weighted by atomic mass is 9.68. The van der Waals surface area contributed by atoms with Gasteiger partial charge in [-0.3, -0.25) is 4.90 Å². The molecule has 1 saturated carbocycles. The molecule has 1 saturated heterocycles. The molecule has 5 nitrogen and oxygen atoms in total. The summed E-state index contributed by atoms with van der Waals surface area (Å²) in [6, 6.07) is 28.1. The molecule has 35 heavy (non-hydrogen) atoms. The Morgan fingerprint density at radius 2 is 1.66 bits per heavy atom. The third-order valence-corrected chi connectivity index (χ3v) is 7.63. The lowest BCUT2D eigenvalue weighted by Crippen LogP contribution is -2.43. The topological polar surface area (TPSA) is 51.4 Å². The normalized spacial score (nSPS) is 17.9. The first-order chi connectivity index (χ1) is 17.2. The second-order valence-electron chi connectivity index (χ2n) is 9.87. The molecule has 0 atom stereocenters. The molecule has 5 heteroatoms. The van der Waals surface area contributed by atoms with Crippen molar-refractivity contribution in [1.82, 2.24) is 15.1 Å². The number of aromatic nitrogens is 2. The minimum Gasteiger partial charge on any atom is -0.497 e. The van der Waals surface area contributed by atoms with Gasteiger partial charge in [-0.1, -0.05) is 54.6 Å². The molecule has 2 aliphatic rings.